The topological polar surface area (TPSA) is 98.7 Å². The maximum absolute atomic E-state index is 13.1. The van der Waals surface area contributed by atoms with Gasteiger partial charge in [-0.05, 0) is 51.5 Å². The number of amides is 2. The van der Waals surface area contributed by atoms with Crippen molar-refractivity contribution in [1.82, 2.24) is 15.5 Å². The number of hydrogen-bond donors (Lipinski definition) is 3. The molecule has 0 spiro atoms. The molecule has 0 radical (unpaired) electrons. The molecule has 0 aromatic heterocycles. The molecule has 0 aromatic rings. The lowest BCUT2D eigenvalue weighted by molar-refractivity contribution is -0.134. The highest BCUT2D eigenvalue weighted by molar-refractivity contribution is 5.90. The van der Waals surface area contributed by atoms with E-state index in [0.29, 0.717) is 6.04 Å². The number of piperidine rings is 1. The molecule has 0 aliphatic carbocycles. The van der Waals surface area contributed by atoms with Crippen LogP contribution in [0.15, 0.2) is 11.6 Å². The van der Waals surface area contributed by atoms with Gasteiger partial charge >= 0.3 is 5.97 Å². The molecule has 1 aliphatic rings. The van der Waals surface area contributed by atoms with Crippen LogP contribution in [0.25, 0.3) is 0 Å². The molecule has 0 saturated carbocycles. The third-order valence-electron chi connectivity index (χ3n) is 6.04. The lowest BCUT2D eigenvalue weighted by Gasteiger charge is -2.39. The minimum absolute atomic E-state index is 0.0194. The number of carbonyl (C=O) groups excluding carboxylic acids is 2. The molecule has 3 N–H and O–H groups in total. The molecule has 4 atom stereocenters. The van der Waals surface area contributed by atoms with Crippen LogP contribution in [0.2, 0.25) is 0 Å². The molecular formula is C23H41N3O4. The predicted octanol–water partition coefficient (Wildman–Crippen LogP) is 2.95. The highest BCUT2D eigenvalue weighted by atomic mass is 16.4. The van der Waals surface area contributed by atoms with Crippen molar-refractivity contribution in [3.05, 3.63) is 11.6 Å². The second kappa shape index (κ2) is 12.1. The Kier molecular flexibility index (Phi) is 10.5. The molecule has 172 valence electrons. The van der Waals surface area contributed by atoms with Gasteiger partial charge in [0.05, 0.1) is 12.1 Å². The minimum Gasteiger partial charge on any atom is -0.478 e. The molecule has 1 heterocycles. The first-order valence-corrected chi connectivity index (χ1v) is 11.3. The van der Waals surface area contributed by atoms with Gasteiger partial charge in [0.25, 0.3) is 0 Å². The summed E-state index contributed by atoms with van der Waals surface area (Å²) in [6.07, 6.45) is 5.45. The SMILES string of the molecule is CCC(C)N1CCCCC1C(=O)NC(C(=O)N[C@H](/C=C(\C)C(=O)O)C(C)C)C(C)C. The zero-order chi connectivity index (χ0) is 23.0. The number of carboxylic acid groups (broad SMARTS) is 1. The first-order valence-electron chi connectivity index (χ1n) is 11.3. The van der Waals surface area contributed by atoms with E-state index in [1.807, 2.05) is 27.7 Å². The molecular weight excluding hydrogens is 382 g/mol. The zero-order valence-corrected chi connectivity index (χ0v) is 19.7. The number of likely N-dealkylation sites (tertiary alicyclic amines) is 1. The maximum Gasteiger partial charge on any atom is 0.331 e. The number of aliphatic carboxylic acids is 1. The number of hydrogen-bond acceptors (Lipinski definition) is 4. The van der Waals surface area contributed by atoms with Crippen LogP contribution in [-0.2, 0) is 14.4 Å². The average Bonchev–Trinajstić information content (AvgIpc) is 2.69. The van der Waals surface area contributed by atoms with Crippen LogP contribution < -0.4 is 10.6 Å². The van der Waals surface area contributed by atoms with E-state index in [4.69, 9.17) is 5.11 Å². The van der Waals surface area contributed by atoms with Gasteiger partial charge in [-0.2, -0.15) is 0 Å². The van der Waals surface area contributed by atoms with Crippen LogP contribution in [0.1, 0.15) is 74.1 Å². The monoisotopic (exact) mass is 423 g/mol. The summed E-state index contributed by atoms with van der Waals surface area (Å²) in [6, 6.07) is -0.976. The minimum atomic E-state index is -1.01. The standard InChI is InChI=1S/C23H41N3O4/c1-8-17(7)26-12-10-9-11-19(26)21(27)25-20(15(4)5)22(28)24-18(14(2)3)13-16(6)23(29)30/h13-15,17-20H,8-12H2,1-7H3,(H,24,28)(H,25,27)(H,29,30)/b16-13+/t17?,18-,19?,20?/m1/s1. The first-order chi connectivity index (χ1) is 14.0. The number of rotatable bonds is 10. The summed E-state index contributed by atoms with van der Waals surface area (Å²) in [6.45, 7) is 14.3. The van der Waals surface area contributed by atoms with Gasteiger partial charge in [0.2, 0.25) is 11.8 Å². The summed E-state index contributed by atoms with van der Waals surface area (Å²) in [5, 5.41) is 15.1. The lowest BCUT2D eigenvalue weighted by atomic mass is 9.96. The fourth-order valence-corrected chi connectivity index (χ4v) is 3.78. The van der Waals surface area contributed by atoms with E-state index in [1.165, 1.54) is 6.92 Å². The first kappa shape index (κ1) is 26.1. The Morgan fingerprint density at radius 1 is 1.07 bits per heavy atom. The lowest BCUT2D eigenvalue weighted by Crippen LogP contribution is -2.58. The van der Waals surface area contributed by atoms with E-state index < -0.39 is 18.1 Å². The largest absolute Gasteiger partial charge is 0.478 e. The highest BCUT2D eigenvalue weighted by Crippen LogP contribution is 2.21. The molecule has 30 heavy (non-hydrogen) atoms. The summed E-state index contributed by atoms with van der Waals surface area (Å²) in [5.74, 6) is -1.46. The molecule has 0 aromatic carbocycles. The number of carboxylic acids is 1. The Morgan fingerprint density at radius 3 is 2.20 bits per heavy atom. The van der Waals surface area contributed by atoms with Gasteiger partial charge in [-0.1, -0.05) is 47.1 Å². The third-order valence-corrected chi connectivity index (χ3v) is 6.04. The van der Waals surface area contributed by atoms with Crippen LogP contribution in [-0.4, -0.2) is 58.5 Å². The van der Waals surface area contributed by atoms with Crippen LogP contribution in [0.5, 0.6) is 0 Å². The molecule has 1 rings (SSSR count). The number of carbonyl (C=O) groups is 3. The van der Waals surface area contributed by atoms with Gasteiger partial charge in [0, 0.05) is 11.6 Å². The van der Waals surface area contributed by atoms with Crippen molar-refractivity contribution in [3.63, 3.8) is 0 Å². The van der Waals surface area contributed by atoms with Crippen molar-refractivity contribution >= 4 is 17.8 Å². The van der Waals surface area contributed by atoms with Gasteiger partial charge < -0.3 is 15.7 Å². The molecule has 1 fully saturated rings. The average molecular weight is 424 g/mol. The Balaban J connectivity index is 2.94. The molecule has 0 bridgehead atoms. The van der Waals surface area contributed by atoms with Crippen molar-refractivity contribution in [2.45, 2.75) is 98.3 Å². The van der Waals surface area contributed by atoms with Gasteiger partial charge in [-0.3, -0.25) is 14.5 Å². The fourth-order valence-electron chi connectivity index (χ4n) is 3.78. The molecule has 3 unspecified atom stereocenters. The van der Waals surface area contributed by atoms with Crippen molar-refractivity contribution in [3.8, 4) is 0 Å². The van der Waals surface area contributed by atoms with E-state index in [-0.39, 0.29) is 35.3 Å². The van der Waals surface area contributed by atoms with E-state index in [1.54, 1.807) is 6.08 Å². The molecule has 2 amide bonds. The smallest absolute Gasteiger partial charge is 0.331 e. The van der Waals surface area contributed by atoms with Crippen LogP contribution in [0.4, 0.5) is 0 Å². The molecule has 1 aliphatic heterocycles. The maximum atomic E-state index is 13.1. The molecule has 1 saturated heterocycles. The predicted molar refractivity (Wildman–Crippen MR) is 119 cm³/mol. The van der Waals surface area contributed by atoms with E-state index in [2.05, 4.69) is 29.4 Å². The third kappa shape index (κ3) is 7.42. The van der Waals surface area contributed by atoms with Gasteiger partial charge in [0.1, 0.15) is 6.04 Å². The van der Waals surface area contributed by atoms with Crippen LogP contribution in [0, 0.1) is 11.8 Å². The van der Waals surface area contributed by atoms with Gasteiger partial charge in [-0.15, -0.1) is 0 Å². The molecule has 7 heteroatoms. The Bertz CT molecular complexity index is 630. The van der Waals surface area contributed by atoms with Crippen LogP contribution >= 0.6 is 0 Å². The van der Waals surface area contributed by atoms with Crippen molar-refractivity contribution in [2.75, 3.05) is 6.54 Å². The fraction of sp³-hybridized carbons (Fsp3) is 0.783. The van der Waals surface area contributed by atoms with Crippen molar-refractivity contribution in [2.24, 2.45) is 11.8 Å². The summed E-state index contributed by atoms with van der Waals surface area (Å²) >= 11 is 0. The summed E-state index contributed by atoms with van der Waals surface area (Å²) in [5.41, 5.74) is 0.186. The van der Waals surface area contributed by atoms with Gasteiger partial charge in [0.15, 0.2) is 0 Å². The second-order valence-corrected chi connectivity index (χ2v) is 9.17. The normalized spacial score (nSPS) is 21.2. The summed E-state index contributed by atoms with van der Waals surface area (Å²) in [4.78, 5) is 39.6. The van der Waals surface area contributed by atoms with E-state index in [9.17, 15) is 14.4 Å². The van der Waals surface area contributed by atoms with Crippen LogP contribution in [0.3, 0.4) is 0 Å². The van der Waals surface area contributed by atoms with Crippen molar-refractivity contribution in [1.29, 1.82) is 0 Å². The van der Waals surface area contributed by atoms with Crippen molar-refractivity contribution < 1.29 is 19.5 Å². The highest BCUT2D eigenvalue weighted by Gasteiger charge is 2.34. The summed E-state index contributed by atoms with van der Waals surface area (Å²) < 4.78 is 0. The number of nitrogens with zero attached hydrogens (tertiary/aromatic N) is 1. The number of nitrogens with one attached hydrogen (secondary N) is 2. The second-order valence-electron chi connectivity index (χ2n) is 9.17. The Morgan fingerprint density at radius 2 is 1.70 bits per heavy atom. The molecule has 7 nitrogen and oxygen atoms in total. The van der Waals surface area contributed by atoms with E-state index >= 15 is 0 Å². The quantitative estimate of drug-likeness (QED) is 0.469. The Hall–Kier alpha value is -1.89. The van der Waals surface area contributed by atoms with Gasteiger partial charge in [-0.25, -0.2) is 4.79 Å². The Labute approximate surface area is 181 Å². The van der Waals surface area contributed by atoms with E-state index in [0.717, 1.165) is 32.2 Å². The zero-order valence-electron chi connectivity index (χ0n) is 19.7. The summed E-state index contributed by atoms with van der Waals surface area (Å²) in [7, 11) is 0.